The number of nitrogens with zero attached hydrogens (tertiary/aromatic N) is 1. The number of ether oxygens (including phenoxy) is 2. The van der Waals surface area contributed by atoms with E-state index < -0.39 is 5.60 Å². The van der Waals surface area contributed by atoms with E-state index in [0.717, 1.165) is 62.3 Å². The summed E-state index contributed by atoms with van der Waals surface area (Å²) in [6, 6.07) is 0.184. The van der Waals surface area contributed by atoms with Crippen molar-refractivity contribution in [3.63, 3.8) is 0 Å². The molecule has 2 saturated heterocycles. The molecule has 2 unspecified atom stereocenters. The second-order valence-electron chi connectivity index (χ2n) is 9.29. The number of hydrogen-bond donors (Lipinski definition) is 1. The Kier molecular flexibility index (Phi) is 6.70. The quantitative estimate of drug-likeness (QED) is 0.567. The van der Waals surface area contributed by atoms with Crippen LogP contribution >= 0.6 is 11.3 Å². The predicted octanol–water partition coefficient (Wildman–Crippen LogP) is 4.64. The minimum atomic E-state index is -0.561. The van der Waals surface area contributed by atoms with Gasteiger partial charge in [0.05, 0.1) is 19.2 Å². The number of likely N-dealkylation sites (tertiary alicyclic amines) is 1. The zero-order valence-electron chi connectivity index (χ0n) is 18.4. The Balaban J connectivity index is 2.12. The molecule has 2 atom stereocenters. The van der Waals surface area contributed by atoms with Crippen molar-refractivity contribution in [2.45, 2.75) is 71.4 Å². The summed E-state index contributed by atoms with van der Waals surface area (Å²) in [5, 5.41) is 6.23. The largest absolute Gasteiger partial charge is 0.522 e. The lowest BCUT2D eigenvalue weighted by atomic mass is 9.82. The molecular formula is C22H35N2O4S+. The molecule has 29 heavy (non-hydrogen) atoms. The van der Waals surface area contributed by atoms with Gasteiger partial charge in [0, 0.05) is 23.3 Å². The van der Waals surface area contributed by atoms with E-state index in [2.05, 4.69) is 5.32 Å². The lowest BCUT2D eigenvalue weighted by molar-refractivity contribution is 0.00195. The summed E-state index contributed by atoms with van der Waals surface area (Å²) in [5.74, 6) is 0.120. The molecular weight excluding hydrogens is 388 g/mol. The number of nitrogens with one attached hydrogen (secondary N) is 1. The maximum Gasteiger partial charge on any atom is 0.522 e. The van der Waals surface area contributed by atoms with E-state index in [1.54, 1.807) is 0 Å². The average molecular weight is 424 g/mol. The molecule has 2 aliphatic rings. The van der Waals surface area contributed by atoms with Crippen LogP contribution in [0.2, 0.25) is 0 Å². The molecule has 162 valence electrons. The molecule has 1 amide bonds. The molecule has 0 radical (unpaired) electrons. The lowest BCUT2D eigenvalue weighted by Crippen LogP contribution is -2.66. The first-order valence-corrected chi connectivity index (χ1v) is 11.6. The summed E-state index contributed by atoms with van der Waals surface area (Å²) in [5.41, 5.74) is 0.853. The van der Waals surface area contributed by atoms with Crippen molar-refractivity contribution in [1.29, 1.82) is 0 Å². The maximum atomic E-state index is 13.8. The van der Waals surface area contributed by atoms with Crippen molar-refractivity contribution in [3.05, 3.63) is 16.5 Å². The summed E-state index contributed by atoms with van der Waals surface area (Å²) in [6.45, 7) is 10.4. The molecule has 0 aliphatic carbocycles. The molecule has 7 heteroatoms. The number of amides is 1. The molecule has 6 nitrogen and oxygen atoms in total. The van der Waals surface area contributed by atoms with E-state index >= 15 is 0 Å². The third kappa shape index (κ3) is 4.37. The van der Waals surface area contributed by atoms with Crippen LogP contribution in [-0.2, 0) is 9.47 Å². The lowest BCUT2D eigenvalue weighted by Gasteiger charge is -2.47. The fourth-order valence-electron chi connectivity index (χ4n) is 4.94. The molecule has 1 N–H and O–H groups in total. The van der Waals surface area contributed by atoms with E-state index in [1.807, 2.05) is 33.1 Å². The molecule has 3 heterocycles. The van der Waals surface area contributed by atoms with Gasteiger partial charge < -0.3 is 14.8 Å². The van der Waals surface area contributed by atoms with Gasteiger partial charge in [-0.3, -0.25) is 0 Å². The van der Waals surface area contributed by atoms with Gasteiger partial charge in [-0.15, -0.1) is 0 Å². The first kappa shape index (κ1) is 22.2. The Morgan fingerprint density at radius 2 is 1.86 bits per heavy atom. The smallest absolute Gasteiger partial charge is 0.465 e. The van der Waals surface area contributed by atoms with Crippen LogP contribution in [0.4, 0.5) is 9.80 Å². The second kappa shape index (κ2) is 8.74. The van der Waals surface area contributed by atoms with Gasteiger partial charge in [-0.05, 0) is 66.5 Å². The number of methoxy groups -OCH3 is 1. The van der Waals surface area contributed by atoms with Crippen molar-refractivity contribution in [2.75, 3.05) is 26.7 Å². The maximum absolute atomic E-state index is 13.8. The normalized spacial score (nSPS) is 26.2. The third-order valence-corrected chi connectivity index (χ3v) is 7.46. The summed E-state index contributed by atoms with van der Waals surface area (Å²) in [4.78, 5) is 26.1. The monoisotopic (exact) mass is 423 g/mol. The number of quaternary nitrogens is 1. The van der Waals surface area contributed by atoms with Gasteiger partial charge in [0.1, 0.15) is 11.6 Å². The Bertz CT molecular complexity index is 748. The highest BCUT2D eigenvalue weighted by Gasteiger charge is 2.55. The molecule has 0 spiro atoms. The number of rotatable bonds is 3. The highest BCUT2D eigenvalue weighted by Crippen LogP contribution is 2.46. The average Bonchev–Trinajstić information content (AvgIpc) is 3.08. The highest BCUT2D eigenvalue weighted by molar-refractivity contribution is 7.14. The van der Waals surface area contributed by atoms with Crippen LogP contribution in [-0.4, -0.2) is 50.4 Å². The molecule has 2 aliphatic heterocycles. The fourth-order valence-corrected chi connectivity index (χ4v) is 6.22. The summed E-state index contributed by atoms with van der Waals surface area (Å²) >= 11 is 1.50. The number of hydrogen-bond acceptors (Lipinski definition) is 6. The molecule has 2 fully saturated rings. The molecule has 1 aromatic rings. The Morgan fingerprint density at radius 3 is 2.48 bits per heavy atom. The number of esters is 1. The summed E-state index contributed by atoms with van der Waals surface area (Å²) in [7, 11) is 1.40. The predicted molar refractivity (Wildman–Crippen MR) is 117 cm³/mol. The van der Waals surface area contributed by atoms with E-state index in [0.29, 0.717) is 11.5 Å². The minimum absolute atomic E-state index is 0.179. The van der Waals surface area contributed by atoms with Crippen LogP contribution in [0.5, 0.6) is 0 Å². The van der Waals surface area contributed by atoms with Gasteiger partial charge in [0.15, 0.2) is 0 Å². The molecule has 3 rings (SSSR count). The van der Waals surface area contributed by atoms with Gasteiger partial charge in [0.25, 0.3) is 0 Å². The van der Waals surface area contributed by atoms with Crippen molar-refractivity contribution in [3.8, 4) is 0 Å². The van der Waals surface area contributed by atoms with E-state index in [-0.39, 0.29) is 22.6 Å². The first-order chi connectivity index (χ1) is 13.7. The van der Waals surface area contributed by atoms with Crippen molar-refractivity contribution in [2.24, 2.45) is 5.92 Å². The van der Waals surface area contributed by atoms with E-state index in [1.165, 1.54) is 18.4 Å². The second-order valence-corrected chi connectivity index (χ2v) is 10.2. The van der Waals surface area contributed by atoms with Crippen LogP contribution in [0.25, 0.3) is 0 Å². The highest BCUT2D eigenvalue weighted by atomic mass is 32.1. The summed E-state index contributed by atoms with van der Waals surface area (Å²) < 4.78 is 11.2. The van der Waals surface area contributed by atoms with Crippen LogP contribution in [0.15, 0.2) is 5.38 Å². The van der Waals surface area contributed by atoms with Crippen molar-refractivity contribution >= 4 is 28.4 Å². The first-order valence-electron chi connectivity index (χ1n) is 10.7. The third-order valence-electron chi connectivity index (χ3n) is 6.26. The van der Waals surface area contributed by atoms with Gasteiger partial charge in [-0.25, -0.2) is 4.79 Å². The van der Waals surface area contributed by atoms with Crippen LogP contribution in [0, 0.1) is 12.8 Å². The Labute approximate surface area is 178 Å². The van der Waals surface area contributed by atoms with Gasteiger partial charge in [-0.1, -0.05) is 11.3 Å². The number of thiophene rings is 1. The minimum Gasteiger partial charge on any atom is -0.465 e. The number of piperidine rings is 2. The number of carbonyl (C=O) groups is 2. The van der Waals surface area contributed by atoms with E-state index in [9.17, 15) is 9.59 Å². The van der Waals surface area contributed by atoms with Gasteiger partial charge in [0.2, 0.25) is 5.00 Å². The SMILES string of the molecule is COC(=O)c1csc([N+]2(C(=O)OC(C)(C)C)CCCCC2C2CCNCC2)c1C. The topological polar surface area (TPSA) is 64.6 Å². The standard InChI is InChI=1S/C22H35N2O4S/c1-15-17(20(25)27-5)14-29-19(15)24(21(26)28-22(2,3)4)13-7-6-8-18(24)16-9-11-23-12-10-16/h14,16,18,23H,6-13H2,1-5H3/q+1. The zero-order valence-corrected chi connectivity index (χ0v) is 19.2. The molecule has 0 saturated carbocycles. The van der Waals surface area contributed by atoms with Crippen LogP contribution in [0.1, 0.15) is 68.8 Å². The Hall–Kier alpha value is -1.44. The number of carbonyl (C=O) groups excluding carboxylic acids is 2. The molecule has 1 aromatic heterocycles. The van der Waals surface area contributed by atoms with Crippen LogP contribution in [0.3, 0.4) is 0 Å². The van der Waals surface area contributed by atoms with Crippen molar-refractivity contribution in [1.82, 2.24) is 9.80 Å². The molecule has 0 aromatic carbocycles. The Morgan fingerprint density at radius 1 is 1.17 bits per heavy atom. The van der Waals surface area contributed by atoms with Gasteiger partial charge in [-0.2, -0.15) is 9.28 Å². The van der Waals surface area contributed by atoms with Crippen molar-refractivity contribution < 1.29 is 19.1 Å². The fraction of sp³-hybridized carbons (Fsp3) is 0.727. The molecule has 0 bridgehead atoms. The zero-order chi connectivity index (χ0) is 21.2. The summed E-state index contributed by atoms with van der Waals surface area (Å²) in [6.07, 6.45) is 5.08. The van der Waals surface area contributed by atoms with E-state index in [4.69, 9.17) is 9.47 Å². The van der Waals surface area contributed by atoms with Crippen LogP contribution < -0.4 is 9.80 Å². The van der Waals surface area contributed by atoms with Gasteiger partial charge >= 0.3 is 12.1 Å².